The summed E-state index contributed by atoms with van der Waals surface area (Å²) in [5.41, 5.74) is 0. The van der Waals surface area contributed by atoms with Crippen LogP contribution in [0.15, 0.2) is 0 Å². The fraction of sp³-hybridized carbons (Fsp3) is 0.960. The Labute approximate surface area is 181 Å². The summed E-state index contributed by atoms with van der Waals surface area (Å²) in [6.45, 7) is 4.13. The van der Waals surface area contributed by atoms with Crippen LogP contribution in [-0.2, 0) is 4.79 Å². The van der Waals surface area contributed by atoms with E-state index in [1.807, 2.05) is 0 Å². The standard InChI is InChI=1S/C25H51NO3/c1-4-5-6-7-8-9-10-11-12-13-14-17-20-24(27)23-26(2,3)22-19-16-15-18-21-25(28)29/h24,27H,4-23H2,1-3H3. The van der Waals surface area contributed by atoms with Crippen LogP contribution in [0.5, 0.6) is 0 Å². The third kappa shape index (κ3) is 21.9. The second-order valence-corrected chi connectivity index (χ2v) is 9.71. The van der Waals surface area contributed by atoms with E-state index in [0.29, 0.717) is 0 Å². The van der Waals surface area contributed by atoms with Gasteiger partial charge in [0.15, 0.2) is 0 Å². The van der Waals surface area contributed by atoms with Gasteiger partial charge in [0.25, 0.3) is 0 Å². The second kappa shape index (κ2) is 19.4. The summed E-state index contributed by atoms with van der Waals surface area (Å²) in [5, 5.41) is 20.8. The number of carboxylic acids is 1. The van der Waals surface area contributed by atoms with Gasteiger partial charge in [0.05, 0.1) is 20.6 Å². The first kappa shape index (κ1) is 28.4. The maximum Gasteiger partial charge on any atom is 0.105 e. The monoisotopic (exact) mass is 413 g/mol. The first-order chi connectivity index (χ1) is 13.9. The summed E-state index contributed by atoms with van der Waals surface area (Å²) in [7, 11) is 4.37. The molecule has 0 aliphatic rings. The molecule has 0 radical (unpaired) electrons. The number of nitrogens with zero attached hydrogens (tertiary/aromatic N) is 1. The van der Waals surface area contributed by atoms with Gasteiger partial charge in [-0.2, -0.15) is 0 Å². The number of rotatable bonds is 22. The Balaban J connectivity index is 3.48. The van der Waals surface area contributed by atoms with E-state index in [-0.39, 0.29) is 12.5 Å². The minimum Gasteiger partial charge on any atom is -0.550 e. The molecule has 4 heteroatoms. The van der Waals surface area contributed by atoms with E-state index < -0.39 is 5.97 Å². The van der Waals surface area contributed by atoms with Gasteiger partial charge in [-0.1, -0.05) is 90.4 Å². The Hall–Kier alpha value is -0.610. The van der Waals surface area contributed by atoms with Crippen molar-refractivity contribution >= 4 is 5.97 Å². The quantitative estimate of drug-likeness (QED) is 0.196. The molecule has 0 bridgehead atoms. The third-order valence-corrected chi connectivity index (χ3v) is 5.99. The van der Waals surface area contributed by atoms with Crippen molar-refractivity contribution in [3.63, 3.8) is 0 Å². The minimum atomic E-state index is -0.943. The molecule has 0 aliphatic heterocycles. The number of hydrogen-bond donors (Lipinski definition) is 1. The second-order valence-electron chi connectivity index (χ2n) is 9.71. The van der Waals surface area contributed by atoms with Crippen LogP contribution in [0.2, 0.25) is 0 Å². The smallest absolute Gasteiger partial charge is 0.105 e. The van der Waals surface area contributed by atoms with Crippen molar-refractivity contribution in [2.45, 2.75) is 129 Å². The van der Waals surface area contributed by atoms with Gasteiger partial charge in [-0.3, -0.25) is 0 Å². The highest BCUT2D eigenvalue weighted by Crippen LogP contribution is 2.14. The predicted molar refractivity (Wildman–Crippen MR) is 122 cm³/mol. The maximum absolute atomic E-state index is 10.4. The number of unbranched alkanes of at least 4 members (excludes halogenated alkanes) is 14. The Morgan fingerprint density at radius 3 is 1.72 bits per heavy atom. The molecule has 0 aliphatic carbocycles. The van der Waals surface area contributed by atoms with Crippen LogP contribution >= 0.6 is 0 Å². The lowest BCUT2D eigenvalue weighted by atomic mass is 10.0. The van der Waals surface area contributed by atoms with Crippen molar-refractivity contribution in [2.24, 2.45) is 0 Å². The number of carbonyl (C=O) groups is 1. The number of aliphatic carboxylic acids is 1. The fourth-order valence-electron chi connectivity index (χ4n) is 4.14. The molecule has 0 fully saturated rings. The van der Waals surface area contributed by atoms with Crippen LogP contribution in [0.3, 0.4) is 0 Å². The molecule has 0 rings (SSSR count). The number of aliphatic hydroxyl groups excluding tert-OH is 1. The van der Waals surface area contributed by atoms with Crippen LogP contribution in [-0.4, -0.2) is 48.8 Å². The Bertz CT molecular complexity index is 371. The predicted octanol–water partition coefficient (Wildman–Crippen LogP) is 5.22. The van der Waals surface area contributed by atoms with E-state index in [0.717, 1.165) is 56.1 Å². The zero-order valence-corrected chi connectivity index (χ0v) is 19.9. The number of hydrogen-bond acceptors (Lipinski definition) is 3. The van der Waals surface area contributed by atoms with E-state index in [1.165, 1.54) is 70.6 Å². The van der Waals surface area contributed by atoms with Crippen molar-refractivity contribution in [3.8, 4) is 0 Å². The fourth-order valence-corrected chi connectivity index (χ4v) is 4.14. The van der Waals surface area contributed by atoms with E-state index in [1.54, 1.807) is 0 Å². The zero-order valence-electron chi connectivity index (χ0n) is 19.9. The molecule has 0 saturated heterocycles. The molecule has 0 aromatic carbocycles. The largest absolute Gasteiger partial charge is 0.550 e. The van der Waals surface area contributed by atoms with Crippen molar-refractivity contribution in [3.05, 3.63) is 0 Å². The van der Waals surface area contributed by atoms with Crippen LogP contribution in [0, 0.1) is 0 Å². The highest BCUT2D eigenvalue weighted by molar-refractivity contribution is 5.63. The lowest BCUT2D eigenvalue weighted by Gasteiger charge is -2.32. The number of aliphatic hydroxyl groups is 1. The molecule has 0 heterocycles. The van der Waals surface area contributed by atoms with E-state index >= 15 is 0 Å². The first-order valence-electron chi connectivity index (χ1n) is 12.6. The van der Waals surface area contributed by atoms with Gasteiger partial charge in [-0.15, -0.1) is 0 Å². The molecule has 0 aromatic heterocycles. The zero-order chi connectivity index (χ0) is 21.8. The molecular formula is C25H51NO3. The van der Waals surface area contributed by atoms with Gasteiger partial charge in [0.2, 0.25) is 0 Å². The molecule has 1 N–H and O–H groups in total. The lowest BCUT2D eigenvalue weighted by Crippen LogP contribution is -2.46. The summed E-state index contributed by atoms with van der Waals surface area (Å²) in [6.07, 6.45) is 20.9. The Morgan fingerprint density at radius 1 is 0.759 bits per heavy atom. The Kier molecular flexibility index (Phi) is 19.0. The first-order valence-corrected chi connectivity index (χ1v) is 12.6. The molecule has 174 valence electrons. The molecule has 0 amide bonds. The van der Waals surface area contributed by atoms with E-state index in [4.69, 9.17) is 0 Å². The summed E-state index contributed by atoms with van der Waals surface area (Å²) in [4.78, 5) is 10.4. The van der Waals surface area contributed by atoms with Crippen LogP contribution in [0.1, 0.15) is 122 Å². The topological polar surface area (TPSA) is 60.4 Å². The van der Waals surface area contributed by atoms with Crippen molar-refractivity contribution in [1.29, 1.82) is 0 Å². The van der Waals surface area contributed by atoms with Crippen molar-refractivity contribution in [1.82, 2.24) is 0 Å². The third-order valence-electron chi connectivity index (χ3n) is 5.99. The van der Waals surface area contributed by atoms with Gasteiger partial charge in [-0.05, 0) is 32.1 Å². The number of likely N-dealkylation sites (N-methyl/N-ethyl adjacent to an activating group) is 1. The molecular weight excluding hydrogens is 362 g/mol. The SMILES string of the molecule is CCCCCCCCCCCCCCC(O)C[N+](C)(C)CCCCCCC(=O)[O-]. The van der Waals surface area contributed by atoms with Crippen molar-refractivity contribution < 1.29 is 19.5 Å². The molecule has 0 aromatic rings. The summed E-state index contributed by atoms with van der Waals surface area (Å²) >= 11 is 0. The summed E-state index contributed by atoms with van der Waals surface area (Å²) in [5.74, 6) is -0.943. The van der Waals surface area contributed by atoms with Gasteiger partial charge in [-0.25, -0.2) is 0 Å². The normalized spacial score (nSPS) is 13.0. The molecule has 0 spiro atoms. The average Bonchev–Trinajstić information content (AvgIpc) is 2.64. The van der Waals surface area contributed by atoms with Crippen LogP contribution < -0.4 is 5.11 Å². The summed E-state index contributed by atoms with van der Waals surface area (Å²) in [6, 6.07) is 0. The van der Waals surface area contributed by atoms with Gasteiger partial charge in [0.1, 0.15) is 12.6 Å². The van der Waals surface area contributed by atoms with Crippen LogP contribution in [0.4, 0.5) is 0 Å². The van der Waals surface area contributed by atoms with Gasteiger partial charge in [0, 0.05) is 5.97 Å². The minimum absolute atomic E-state index is 0.177. The highest BCUT2D eigenvalue weighted by atomic mass is 16.4. The van der Waals surface area contributed by atoms with E-state index in [2.05, 4.69) is 21.0 Å². The number of carboxylic acid groups (broad SMARTS) is 1. The number of quaternary nitrogens is 1. The Morgan fingerprint density at radius 2 is 1.21 bits per heavy atom. The van der Waals surface area contributed by atoms with Gasteiger partial charge >= 0.3 is 0 Å². The average molecular weight is 414 g/mol. The lowest BCUT2D eigenvalue weighted by molar-refractivity contribution is -0.893. The van der Waals surface area contributed by atoms with E-state index in [9.17, 15) is 15.0 Å². The summed E-state index contributed by atoms with van der Waals surface area (Å²) < 4.78 is 0.847. The molecule has 4 nitrogen and oxygen atoms in total. The molecule has 1 unspecified atom stereocenters. The molecule has 1 atom stereocenters. The highest BCUT2D eigenvalue weighted by Gasteiger charge is 2.19. The molecule has 0 saturated carbocycles. The molecule has 29 heavy (non-hydrogen) atoms. The number of carbonyl (C=O) groups excluding carboxylic acids is 1. The van der Waals surface area contributed by atoms with Crippen LogP contribution in [0.25, 0.3) is 0 Å². The van der Waals surface area contributed by atoms with Gasteiger partial charge < -0.3 is 19.5 Å². The maximum atomic E-state index is 10.4. The van der Waals surface area contributed by atoms with Crippen molar-refractivity contribution in [2.75, 3.05) is 27.2 Å².